The van der Waals surface area contributed by atoms with E-state index >= 15 is 0 Å². The van der Waals surface area contributed by atoms with Crippen molar-refractivity contribution >= 4 is 5.91 Å². The highest BCUT2D eigenvalue weighted by molar-refractivity contribution is 5.94. The fourth-order valence-corrected chi connectivity index (χ4v) is 3.01. The third-order valence-corrected chi connectivity index (χ3v) is 4.62. The second-order valence-corrected chi connectivity index (χ2v) is 6.05. The molecule has 3 rings (SSSR count). The van der Waals surface area contributed by atoms with Gasteiger partial charge in [0, 0.05) is 44.1 Å². The lowest BCUT2D eigenvalue weighted by Gasteiger charge is -2.34. The van der Waals surface area contributed by atoms with Crippen LogP contribution in [0.4, 0.5) is 0 Å². The van der Waals surface area contributed by atoms with Gasteiger partial charge in [0.05, 0.1) is 12.7 Å². The fourth-order valence-electron chi connectivity index (χ4n) is 3.01. The Hall–Kier alpha value is -2.60. The first kappa shape index (κ1) is 17.2. The largest absolute Gasteiger partial charge is 0.497 e. The quantitative estimate of drug-likeness (QED) is 0.848. The number of hydrogen-bond acceptors (Lipinski definition) is 4. The van der Waals surface area contributed by atoms with Crippen molar-refractivity contribution in [2.45, 2.75) is 6.92 Å². The number of carbonyl (C=O) groups excluding carboxylic acids is 1. The molecular weight excluding hydrogens is 318 g/mol. The molecule has 1 aliphatic rings. The first-order chi connectivity index (χ1) is 12.1. The van der Waals surface area contributed by atoms with Crippen molar-refractivity contribution in [1.82, 2.24) is 14.4 Å². The van der Waals surface area contributed by atoms with Crippen molar-refractivity contribution in [3.8, 4) is 11.4 Å². The van der Waals surface area contributed by atoms with Crippen molar-refractivity contribution in [3.63, 3.8) is 0 Å². The number of nitrogens with zero attached hydrogens (tertiary/aromatic N) is 3. The highest BCUT2D eigenvalue weighted by Gasteiger charge is 2.21. The van der Waals surface area contributed by atoms with E-state index in [4.69, 9.17) is 4.74 Å². The van der Waals surface area contributed by atoms with E-state index in [0.717, 1.165) is 25.4 Å². The minimum Gasteiger partial charge on any atom is -0.497 e. The van der Waals surface area contributed by atoms with Crippen LogP contribution in [0.2, 0.25) is 0 Å². The molecule has 0 aliphatic carbocycles. The van der Waals surface area contributed by atoms with Crippen molar-refractivity contribution in [1.29, 1.82) is 0 Å². The number of hydrogen-bond donors (Lipinski definition) is 0. The summed E-state index contributed by atoms with van der Waals surface area (Å²) in [5.41, 5.74) is 1.06. The van der Waals surface area contributed by atoms with Gasteiger partial charge in [0.25, 0.3) is 11.5 Å². The van der Waals surface area contributed by atoms with Gasteiger partial charge < -0.3 is 14.5 Å². The van der Waals surface area contributed by atoms with Crippen molar-refractivity contribution in [3.05, 3.63) is 58.5 Å². The molecule has 0 unspecified atom stereocenters. The van der Waals surface area contributed by atoms with Crippen LogP contribution in [-0.4, -0.2) is 60.1 Å². The van der Waals surface area contributed by atoms with Gasteiger partial charge in [-0.3, -0.25) is 14.2 Å². The topological polar surface area (TPSA) is 54.8 Å². The van der Waals surface area contributed by atoms with Crippen LogP contribution in [0.15, 0.2) is 47.4 Å². The SMILES string of the molecule is CCN1CCN(C(=O)c2ccc(=O)n(-c3ccc(OC)cc3)c2)CC1. The zero-order valence-electron chi connectivity index (χ0n) is 14.6. The fraction of sp³-hybridized carbons (Fsp3) is 0.368. The highest BCUT2D eigenvalue weighted by atomic mass is 16.5. The molecule has 1 aliphatic heterocycles. The van der Waals surface area contributed by atoms with Gasteiger partial charge in [-0.05, 0) is 36.9 Å². The molecule has 0 bridgehead atoms. The van der Waals surface area contributed by atoms with Gasteiger partial charge in [-0.15, -0.1) is 0 Å². The maximum absolute atomic E-state index is 12.8. The number of carbonyl (C=O) groups is 1. The summed E-state index contributed by atoms with van der Waals surface area (Å²) in [4.78, 5) is 29.1. The minimum atomic E-state index is -0.169. The van der Waals surface area contributed by atoms with Gasteiger partial charge in [0.1, 0.15) is 5.75 Å². The van der Waals surface area contributed by atoms with Gasteiger partial charge in [-0.1, -0.05) is 6.92 Å². The number of methoxy groups -OCH3 is 1. The Morgan fingerprint density at radius 1 is 1.04 bits per heavy atom. The molecule has 6 nitrogen and oxygen atoms in total. The zero-order valence-corrected chi connectivity index (χ0v) is 14.6. The molecule has 6 heteroatoms. The molecule has 1 aromatic heterocycles. The number of piperazine rings is 1. The van der Waals surface area contributed by atoms with Crippen LogP contribution in [-0.2, 0) is 0 Å². The number of pyridine rings is 1. The minimum absolute atomic E-state index is 0.0296. The van der Waals surface area contributed by atoms with Crippen LogP contribution in [0.3, 0.4) is 0 Å². The Morgan fingerprint density at radius 2 is 1.72 bits per heavy atom. The normalized spacial score (nSPS) is 15.2. The van der Waals surface area contributed by atoms with Gasteiger partial charge in [0.2, 0.25) is 0 Å². The highest BCUT2D eigenvalue weighted by Crippen LogP contribution is 2.15. The second kappa shape index (κ2) is 7.53. The van der Waals surface area contributed by atoms with E-state index in [0.29, 0.717) is 24.3 Å². The van der Waals surface area contributed by atoms with E-state index in [-0.39, 0.29) is 11.5 Å². The number of amides is 1. The lowest BCUT2D eigenvalue weighted by Crippen LogP contribution is -2.48. The average Bonchev–Trinajstić information content (AvgIpc) is 2.68. The molecule has 2 aromatic rings. The molecule has 0 N–H and O–H groups in total. The molecule has 1 amide bonds. The standard InChI is InChI=1S/C19H23N3O3/c1-3-20-10-12-21(13-11-20)19(24)15-4-9-18(23)22(14-15)16-5-7-17(25-2)8-6-16/h4-9,14H,3,10-13H2,1-2H3. The number of aromatic nitrogens is 1. The van der Waals surface area contributed by atoms with Crippen LogP contribution in [0.25, 0.3) is 5.69 Å². The molecule has 1 fully saturated rings. The summed E-state index contributed by atoms with van der Waals surface area (Å²) in [6, 6.07) is 10.2. The predicted molar refractivity (Wildman–Crippen MR) is 96.6 cm³/mol. The molecular formula is C19H23N3O3. The van der Waals surface area contributed by atoms with E-state index in [1.165, 1.54) is 10.6 Å². The maximum Gasteiger partial charge on any atom is 0.255 e. The number of benzene rings is 1. The van der Waals surface area contributed by atoms with Crippen molar-refractivity contribution in [2.75, 3.05) is 39.8 Å². The molecule has 0 spiro atoms. The van der Waals surface area contributed by atoms with Gasteiger partial charge >= 0.3 is 0 Å². The molecule has 1 saturated heterocycles. The maximum atomic E-state index is 12.8. The van der Waals surface area contributed by atoms with Crippen LogP contribution >= 0.6 is 0 Å². The Balaban J connectivity index is 1.83. The summed E-state index contributed by atoms with van der Waals surface area (Å²) < 4.78 is 6.64. The smallest absolute Gasteiger partial charge is 0.255 e. The predicted octanol–water partition coefficient (Wildman–Crippen LogP) is 1.62. The zero-order chi connectivity index (χ0) is 17.8. The van der Waals surface area contributed by atoms with Crippen LogP contribution in [0, 0.1) is 0 Å². The van der Waals surface area contributed by atoms with E-state index in [2.05, 4.69) is 11.8 Å². The van der Waals surface area contributed by atoms with E-state index < -0.39 is 0 Å². The van der Waals surface area contributed by atoms with Gasteiger partial charge in [-0.25, -0.2) is 0 Å². The third-order valence-electron chi connectivity index (χ3n) is 4.62. The van der Waals surface area contributed by atoms with Crippen molar-refractivity contribution in [2.24, 2.45) is 0 Å². The molecule has 0 saturated carbocycles. The van der Waals surface area contributed by atoms with Crippen LogP contribution < -0.4 is 10.3 Å². The third kappa shape index (κ3) is 3.74. The summed E-state index contributed by atoms with van der Waals surface area (Å²) in [6.45, 7) is 6.34. The lowest BCUT2D eigenvalue weighted by atomic mass is 10.2. The number of rotatable bonds is 4. The van der Waals surface area contributed by atoms with Crippen molar-refractivity contribution < 1.29 is 9.53 Å². The molecule has 0 atom stereocenters. The van der Waals surface area contributed by atoms with E-state index in [9.17, 15) is 9.59 Å². The van der Waals surface area contributed by atoms with Gasteiger partial charge in [0.15, 0.2) is 0 Å². The summed E-state index contributed by atoms with van der Waals surface area (Å²) >= 11 is 0. The molecule has 132 valence electrons. The lowest BCUT2D eigenvalue weighted by molar-refractivity contribution is 0.0642. The Kier molecular flexibility index (Phi) is 5.19. The summed E-state index contributed by atoms with van der Waals surface area (Å²) in [7, 11) is 1.60. The van der Waals surface area contributed by atoms with Crippen LogP contribution in [0.1, 0.15) is 17.3 Å². The van der Waals surface area contributed by atoms with E-state index in [1.54, 1.807) is 43.6 Å². The Morgan fingerprint density at radius 3 is 2.32 bits per heavy atom. The number of likely N-dealkylation sites (N-methyl/N-ethyl adjacent to an activating group) is 1. The summed E-state index contributed by atoms with van der Waals surface area (Å²) in [6.07, 6.45) is 1.62. The van der Waals surface area contributed by atoms with Crippen LogP contribution in [0.5, 0.6) is 5.75 Å². The summed E-state index contributed by atoms with van der Waals surface area (Å²) in [5.74, 6) is 0.691. The molecule has 0 radical (unpaired) electrons. The average molecular weight is 341 g/mol. The van der Waals surface area contributed by atoms with E-state index in [1.807, 2.05) is 4.90 Å². The second-order valence-electron chi connectivity index (χ2n) is 6.05. The molecule has 1 aromatic carbocycles. The Labute approximate surface area is 147 Å². The van der Waals surface area contributed by atoms with Gasteiger partial charge in [-0.2, -0.15) is 0 Å². The summed E-state index contributed by atoms with van der Waals surface area (Å²) in [5, 5.41) is 0. The first-order valence-electron chi connectivity index (χ1n) is 8.51. The number of ether oxygens (including phenoxy) is 1. The first-order valence-corrected chi connectivity index (χ1v) is 8.51. The monoisotopic (exact) mass is 341 g/mol. The molecule has 25 heavy (non-hydrogen) atoms. The Bertz CT molecular complexity index is 790. The molecule has 2 heterocycles.